The summed E-state index contributed by atoms with van der Waals surface area (Å²) in [7, 11) is 0.0409. The van der Waals surface area contributed by atoms with E-state index in [2.05, 4.69) is 49.1 Å². The maximum absolute atomic E-state index is 2.34. The minimum absolute atomic E-state index is 0.0409. The number of aryl methyl sites for hydroxylation is 1. The molecular weight excluding hydrogens is 131 g/mol. The Hall–Kier alpha value is 0.0343. The second kappa shape index (κ2) is 3.43. The second-order valence-electron chi connectivity index (χ2n) is 2.71. The molecule has 0 nitrogen and oxygen atoms in total. The van der Waals surface area contributed by atoms with Crippen molar-refractivity contribution in [2.75, 3.05) is 0 Å². The van der Waals surface area contributed by atoms with E-state index in [0.717, 1.165) is 0 Å². The van der Waals surface area contributed by atoms with Crippen LogP contribution < -0.4 is 5.19 Å². The second-order valence-corrected chi connectivity index (χ2v) is 4.18. The molecule has 0 aliphatic heterocycles. The molecule has 0 radical (unpaired) electrons. The van der Waals surface area contributed by atoms with Gasteiger partial charge in [0.2, 0.25) is 0 Å². The van der Waals surface area contributed by atoms with Gasteiger partial charge in [-0.05, 0) is 0 Å². The zero-order valence-corrected chi connectivity index (χ0v) is 8.35. The Morgan fingerprint density at radius 2 is 2.00 bits per heavy atom. The Kier molecular flexibility index (Phi) is 2.79. The van der Waals surface area contributed by atoms with Crippen LogP contribution >= 0.6 is 0 Å². The van der Waals surface area contributed by atoms with E-state index in [1.807, 2.05) is 0 Å². The van der Waals surface area contributed by atoms with Crippen LogP contribution in [0.15, 0.2) is 18.2 Å². The Morgan fingerprint density at radius 3 is 2.50 bits per heavy atom. The average Bonchev–Trinajstić information content (AvgIpc) is 1.95. The van der Waals surface area contributed by atoms with Gasteiger partial charge < -0.3 is 0 Å². The van der Waals surface area contributed by atoms with E-state index in [1.165, 1.54) is 11.1 Å². The van der Waals surface area contributed by atoms with Crippen LogP contribution in [0.1, 0.15) is 11.1 Å². The van der Waals surface area contributed by atoms with Crippen LogP contribution in [0, 0.1) is 13.8 Å². The molecule has 0 unspecified atom stereocenters. The molecule has 10 heavy (non-hydrogen) atoms. The van der Waals surface area contributed by atoms with Crippen LogP contribution in [0.5, 0.6) is 0 Å². The van der Waals surface area contributed by atoms with Gasteiger partial charge in [0, 0.05) is 0 Å². The van der Waals surface area contributed by atoms with Gasteiger partial charge in [-0.3, -0.25) is 0 Å². The quantitative estimate of drug-likeness (QED) is 0.491. The Morgan fingerprint density at radius 1 is 1.30 bits per heavy atom. The summed E-state index contributed by atoms with van der Waals surface area (Å²) in [6.45, 7) is 4.41. The molecule has 0 aliphatic rings. The van der Waals surface area contributed by atoms with Gasteiger partial charge in [0.05, 0.1) is 0 Å². The van der Waals surface area contributed by atoms with Crippen LogP contribution in [0.2, 0.25) is 0 Å². The molecule has 1 aromatic rings. The zero-order chi connectivity index (χ0) is 7.56. The van der Waals surface area contributed by atoms with Crippen molar-refractivity contribution in [3.63, 3.8) is 0 Å². The summed E-state index contributed by atoms with van der Waals surface area (Å²) in [6.07, 6.45) is 0. The normalized spacial score (nSPS) is 11.2. The van der Waals surface area contributed by atoms with Gasteiger partial charge in [-0.1, -0.05) is 0 Å². The van der Waals surface area contributed by atoms with Gasteiger partial charge in [0.15, 0.2) is 0 Å². The molecule has 0 spiro atoms. The first-order valence-corrected chi connectivity index (χ1v) is 5.93. The molecule has 48 valence electrons. The van der Waals surface area contributed by atoms with Crippen molar-refractivity contribution in [3.8, 4) is 0 Å². The standard InChI is InChI=1S/C8H11Si.Li/c1-6-4-3-5-8(9)7(6)2;/h3-5H,9H2,1-2H3;. The van der Waals surface area contributed by atoms with E-state index in [-0.39, 0.29) is 7.84 Å². The molecule has 1 aromatic carbocycles. The van der Waals surface area contributed by atoms with Crippen molar-refractivity contribution >= 4 is 30.1 Å². The van der Waals surface area contributed by atoms with Crippen LogP contribution in [0.4, 0.5) is 0 Å². The molecule has 0 heterocycles. The van der Waals surface area contributed by atoms with Crippen molar-refractivity contribution < 1.29 is 0 Å². The molecule has 0 N–H and O–H groups in total. The van der Waals surface area contributed by atoms with Gasteiger partial charge in [-0.15, -0.1) is 0 Å². The molecule has 0 amide bonds. The maximum atomic E-state index is 2.34. The van der Waals surface area contributed by atoms with Gasteiger partial charge in [-0.25, -0.2) is 0 Å². The summed E-state index contributed by atoms with van der Waals surface area (Å²) in [5, 5.41) is 1.61. The fourth-order valence-electron chi connectivity index (χ4n) is 1.19. The molecule has 1 rings (SSSR count). The van der Waals surface area contributed by atoms with E-state index in [0.29, 0.717) is 0 Å². The van der Waals surface area contributed by atoms with E-state index in [9.17, 15) is 0 Å². The topological polar surface area (TPSA) is 0 Å². The zero-order valence-electron chi connectivity index (χ0n) is 6.94. The molecule has 0 saturated carbocycles. The molecule has 2 heteroatoms. The van der Waals surface area contributed by atoms with Gasteiger partial charge in [-0.2, -0.15) is 0 Å². The van der Waals surface area contributed by atoms with Crippen molar-refractivity contribution in [2.24, 2.45) is 0 Å². The third-order valence-electron chi connectivity index (χ3n) is 2.10. The summed E-state index contributed by atoms with van der Waals surface area (Å²) in [5.41, 5.74) is 2.95. The predicted molar refractivity (Wildman–Crippen MR) is 49.8 cm³/mol. The number of hydrogen-bond donors (Lipinski definition) is 0. The SMILES string of the molecule is [Li][SiH2]c1cccc(C)c1C. The summed E-state index contributed by atoms with van der Waals surface area (Å²) in [6, 6.07) is 6.60. The summed E-state index contributed by atoms with van der Waals surface area (Å²) >= 11 is 2.34. The van der Waals surface area contributed by atoms with E-state index < -0.39 is 0 Å². The summed E-state index contributed by atoms with van der Waals surface area (Å²) < 4.78 is 0. The molecule has 0 fully saturated rings. The predicted octanol–water partition coefficient (Wildman–Crippen LogP) is 0.181. The third-order valence-corrected chi connectivity index (χ3v) is 3.63. The van der Waals surface area contributed by atoms with Crippen molar-refractivity contribution in [3.05, 3.63) is 29.3 Å². The van der Waals surface area contributed by atoms with Crippen LogP contribution in [-0.4, -0.2) is 24.9 Å². The van der Waals surface area contributed by atoms with Crippen LogP contribution in [-0.2, 0) is 0 Å². The van der Waals surface area contributed by atoms with Crippen LogP contribution in [0.3, 0.4) is 0 Å². The average molecular weight is 142 g/mol. The van der Waals surface area contributed by atoms with E-state index in [4.69, 9.17) is 0 Å². The van der Waals surface area contributed by atoms with E-state index in [1.54, 1.807) is 5.19 Å². The van der Waals surface area contributed by atoms with Gasteiger partial charge in [0.25, 0.3) is 0 Å². The molecular formula is C8H11LiSi. The molecule has 0 bridgehead atoms. The van der Waals surface area contributed by atoms with Gasteiger partial charge >= 0.3 is 73.2 Å². The summed E-state index contributed by atoms with van der Waals surface area (Å²) in [4.78, 5) is 0. The van der Waals surface area contributed by atoms with Crippen molar-refractivity contribution in [1.29, 1.82) is 0 Å². The van der Waals surface area contributed by atoms with E-state index >= 15 is 0 Å². The van der Waals surface area contributed by atoms with Crippen LogP contribution in [0.25, 0.3) is 0 Å². The Balaban J connectivity index is 3.14. The molecule has 0 aromatic heterocycles. The molecule has 0 atom stereocenters. The molecule has 0 saturated heterocycles. The van der Waals surface area contributed by atoms with Crippen molar-refractivity contribution in [1.82, 2.24) is 0 Å². The Labute approximate surface area is 73.4 Å². The number of rotatable bonds is 1. The number of benzene rings is 1. The first-order valence-electron chi connectivity index (χ1n) is 3.80. The minimum atomic E-state index is 0.0409. The third kappa shape index (κ3) is 1.55. The summed E-state index contributed by atoms with van der Waals surface area (Å²) in [5.74, 6) is 0. The fourth-order valence-corrected chi connectivity index (χ4v) is 2.38. The number of hydrogen-bond acceptors (Lipinski definition) is 0. The van der Waals surface area contributed by atoms with Crippen molar-refractivity contribution in [2.45, 2.75) is 13.8 Å². The first kappa shape index (κ1) is 8.13. The first-order chi connectivity index (χ1) is 4.75. The Bertz CT molecular complexity index is 233. The fraction of sp³-hybridized carbons (Fsp3) is 0.250. The molecule has 0 aliphatic carbocycles. The monoisotopic (exact) mass is 142 g/mol. The van der Waals surface area contributed by atoms with Gasteiger partial charge in [0.1, 0.15) is 0 Å².